The summed E-state index contributed by atoms with van der Waals surface area (Å²) in [6, 6.07) is 6.17. The van der Waals surface area contributed by atoms with Crippen LogP contribution in [-0.2, 0) is 25.9 Å². The highest BCUT2D eigenvalue weighted by Gasteiger charge is 2.61. The van der Waals surface area contributed by atoms with Crippen LogP contribution in [0.5, 0.6) is 0 Å². The number of rotatable bonds is 8. The van der Waals surface area contributed by atoms with Crippen LogP contribution in [0.3, 0.4) is 0 Å². The van der Waals surface area contributed by atoms with Gasteiger partial charge in [0.2, 0.25) is 0 Å². The third kappa shape index (κ3) is 6.03. The van der Waals surface area contributed by atoms with Gasteiger partial charge in [-0.1, -0.05) is 24.8 Å². The van der Waals surface area contributed by atoms with Crippen LogP contribution in [0, 0.1) is 5.92 Å². The van der Waals surface area contributed by atoms with Crippen LogP contribution in [-0.4, -0.2) is 86.7 Å². The third-order valence-corrected chi connectivity index (χ3v) is 9.33. The summed E-state index contributed by atoms with van der Waals surface area (Å²) in [5.74, 6) is 0.0502. The maximum atomic E-state index is 13.6. The smallest absolute Gasteiger partial charge is 0.390 e. The van der Waals surface area contributed by atoms with Gasteiger partial charge in [0.15, 0.2) is 0 Å². The number of carbonyl (C=O) groups excluding carboxylic acids is 1. The molecule has 224 valence electrons. The second-order valence-corrected chi connectivity index (χ2v) is 11.7. The van der Waals surface area contributed by atoms with Crippen molar-refractivity contribution in [2.75, 3.05) is 46.5 Å². The molecule has 3 heterocycles. The summed E-state index contributed by atoms with van der Waals surface area (Å²) in [7, 11) is 1.70. The Balaban J connectivity index is 1.23. The zero-order chi connectivity index (χ0) is 29.4. The van der Waals surface area contributed by atoms with Crippen LogP contribution in [0.25, 0.3) is 0 Å². The van der Waals surface area contributed by atoms with Crippen LogP contribution >= 0.6 is 0 Å². The molecule has 1 aliphatic carbocycles. The van der Waals surface area contributed by atoms with E-state index < -0.39 is 11.7 Å². The van der Waals surface area contributed by atoms with Gasteiger partial charge >= 0.3 is 6.18 Å². The van der Waals surface area contributed by atoms with Gasteiger partial charge in [0.1, 0.15) is 5.70 Å². The average molecular weight is 576 g/mol. The lowest BCUT2D eigenvalue weighted by Gasteiger charge is -2.38. The highest BCUT2D eigenvalue weighted by molar-refractivity contribution is 5.95. The number of ether oxygens (including phenoxy) is 2. The van der Waals surface area contributed by atoms with Crippen molar-refractivity contribution in [3.63, 3.8) is 0 Å². The largest absolute Gasteiger partial charge is 0.416 e. The number of piperidine rings is 2. The van der Waals surface area contributed by atoms with Crippen molar-refractivity contribution in [1.82, 2.24) is 15.1 Å². The van der Waals surface area contributed by atoms with E-state index in [0.717, 1.165) is 38.1 Å². The van der Waals surface area contributed by atoms with Crippen LogP contribution in [0.1, 0.15) is 43.7 Å². The van der Waals surface area contributed by atoms with Crippen molar-refractivity contribution < 1.29 is 27.4 Å². The Morgan fingerprint density at radius 1 is 1.27 bits per heavy atom. The van der Waals surface area contributed by atoms with E-state index in [0.29, 0.717) is 56.2 Å². The summed E-state index contributed by atoms with van der Waals surface area (Å²) in [5, 5.41) is 3.70. The van der Waals surface area contributed by atoms with E-state index in [1.165, 1.54) is 12.1 Å². The molecule has 0 radical (unpaired) electrons. The molecule has 11 heteroatoms. The van der Waals surface area contributed by atoms with Gasteiger partial charge in [0.05, 0.1) is 24.6 Å². The standard InChI is InChI=1S/C30H40F3N5O3/c1-19(20(2)38-15-23-14-29(23,17-38)21-5-4-6-22(13-21)30(31,32)33)27(35-18-34)28(39)37-10-7-24(8-11-37)36-25-9-12-41-16-26(25)40-3/h4-6,13,18,23-26,36H,2,7-12,14-17H2,1,3H3,(H2,34,35)/b27-19-. The number of likely N-dealkylation sites (tertiary alicyclic amines) is 2. The zero-order valence-corrected chi connectivity index (χ0v) is 23.8. The number of hydrogen-bond donors (Lipinski definition) is 2. The molecule has 41 heavy (non-hydrogen) atoms. The number of hydrogen-bond acceptors (Lipinski definition) is 6. The van der Waals surface area contributed by atoms with Gasteiger partial charge in [-0.2, -0.15) is 13.2 Å². The summed E-state index contributed by atoms with van der Waals surface area (Å²) < 4.78 is 51.1. The minimum atomic E-state index is -4.38. The molecular formula is C30H40F3N5O3. The maximum absolute atomic E-state index is 13.6. The molecule has 8 nitrogen and oxygen atoms in total. The number of aliphatic imine (C=N–C) groups is 1. The first kappa shape index (κ1) is 29.6. The van der Waals surface area contributed by atoms with Crippen molar-refractivity contribution in [3.8, 4) is 0 Å². The van der Waals surface area contributed by atoms with Gasteiger partial charge in [-0.25, -0.2) is 4.99 Å². The van der Waals surface area contributed by atoms with E-state index in [-0.39, 0.29) is 41.1 Å². The predicted octanol–water partition coefficient (Wildman–Crippen LogP) is 3.44. The van der Waals surface area contributed by atoms with Crippen molar-refractivity contribution in [2.24, 2.45) is 16.6 Å². The fourth-order valence-corrected chi connectivity index (χ4v) is 6.74. The first-order chi connectivity index (χ1) is 19.6. The van der Waals surface area contributed by atoms with Crippen molar-refractivity contribution in [3.05, 3.63) is 58.9 Å². The molecule has 4 unspecified atom stereocenters. The lowest BCUT2D eigenvalue weighted by atomic mass is 9.93. The molecule has 3 N–H and O–H groups in total. The molecule has 1 saturated carbocycles. The molecule has 0 bridgehead atoms. The SMILES string of the molecule is C=C(/C(C)=C(\N=CN)C(=O)N1CCC(NC2CCOCC2OC)CC1)N1CC2CC2(c2cccc(C(F)(F)F)c2)C1. The maximum Gasteiger partial charge on any atom is 0.416 e. The van der Waals surface area contributed by atoms with E-state index >= 15 is 0 Å². The number of amides is 1. The number of allylic oxidation sites excluding steroid dienone is 1. The van der Waals surface area contributed by atoms with Gasteiger partial charge in [-0.3, -0.25) is 4.79 Å². The molecule has 0 aromatic heterocycles. The number of nitrogens with two attached hydrogens (primary N) is 1. The first-order valence-corrected chi connectivity index (χ1v) is 14.3. The van der Waals surface area contributed by atoms with Gasteiger partial charge in [0, 0.05) is 68.7 Å². The Hall–Kier alpha value is -2.89. The Kier molecular flexibility index (Phi) is 8.50. The molecule has 4 atom stereocenters. The number of fused-ring (bicyclic) bond motifs is 1. The minimum absolute atomic E-state index is 0.0230. The van der Waals surface area contributed by atoms with Crippen molar-refractivity contribution in [2.45, 2.75) is 62.4 Å². The topological polar surface area (TPSA) is 92.4 Å². The second kappa shape index (κ2) is 11.8. The number of alkyl halides is 3. The number of benzene rings is 1. The van der Waals surface area contributed by atoms with Crippen LogP contribution in [0.4, 0.5) is 13.2 Å². The number of nitrogens with one attached hydrogen (secondary N) is 1. The molecule has 4 aliphatic rings. The lowest BCUT2D eigenvalue weighted by molar-refractivity contribution is -0.137. The molecule has 4 fully saturated rings. The fourth-order valence-electron chi connectivity index (χ4n) is 6.74. The summed E-state index contributed by atoms with van der Waals surface area (Å²) in [4.78, 5) is 21.7. The molecule has 3 saturated heterocycles. The molecular weight excluding hydrogens is 535 g/mol. The average Bonchev–Trinajstić information content (AvgIpc) is 3.55. The summed E-state index contributed by atoms with van der Waals surface area (Å²) in [5.41, 5.74) is 6.94. The highest BCUT2D eigenvalue weighted by Crippen LogP contribution is 2.60. The van der Waals surface area contributed by atoms with Crippen LogP contribution in [0.15, 0.2) is 52.8 Å². The van der Waals surface area contributed by atoms with Crippen LogP contribution < -0.4 is 11.1 Å². The second-order valence-electron chi connectivity index (χ2n) is 11.7. The van der Waals surface area contributed by atoms with E-state index in [1.54, 1.807) is 18.1 Å². The predicted molar refractivity (Wildman–Crippen MR) is 150 cm³/mol. The Morgan fingerprint density at radius 2 is 2.02 bits per heavy atom. The highest BCUT2D eigenvalue weighted by atomic mass is 19.4. The number of methoxy groups -OCH3 is 1. The first-order valence-electron chi connectivity index (χ1n) is 14.3. The zero-order valence-electron chi connectivity index (χ0n) is 23.8. The van der Waals surface area contributed by atoms with Crippen molar-refractivity contribution in [1.29, 1.82) is 0 Å². The Bertz CT molecular complexity index is 1210. The quantitative estimate of drug-likeness (QED) is 0.214. The fraction of sp³-hybridized carbons (Fsp3) is 0.600. The van der Waals surface area contributed by atoms with Gasteiger partial charge in [-0.15, -0.1) is 0 Å². The number of nitrogens with zero attached hydrogens (tertiary/aromatic N) is 3. The van der Waals surface area contributed by atoms with E-state index in [1.807, 2.05) is 6.92 Å². The Labute approximate surface area is 239 Å². The Morgan fingerprint density at radius 3 is 2.71 bits per heavy atom. The molecule has 5 rings (SSSR count). The third-order valence-electron chi connectivity index (χ3n) is 9.33. The summed E-state index contributed by atoms with van der Waals surface area (Å²) in [6.07, 6.45) is 0.128. The van der Waals surface area contributed by atoms with Gasteiger partial charge in [0.25, 0.3) is 5.91 Å². The van der Waals surface area contributed by atoms with E-state index in [2.05, 4.69) is 21.8 Å². The number of halogens is 3. The molecule has 0 spiro atoms. The molecule has 1 aromatic rings. The van der Waals surface area contributed by atoms with E-state index in [9.17, 15) is 18.0 Å². The van der Waals surface area contributed by atoms with Crippen molar-refractivity contribution >= 4 is 12.2 Å². The molecule has 3 aliphatic heterocycles. The van der Waals surface area contributed by atoms with Gasteiger partial charge in [-0.05, 0) is 50.2 Å². The normalized spacial score (nSPS) is 29.4. The summed E-state index contributed by atoms with van der Waals surface area (Å²) in [6.45, 7) is 9.77. The minimum Gasteiger partial charge on any atom is -0.390 e. The van der Waals surface area contributed by atoms with Crippen LogP contribution in [0.2, 0.25) is 0 Å². The molecule has 1 amide bonds. The lowest BCUT2D eigenvalue weighted by Crippen LogP contribution is -2.54. The summed E-state index contributed by atoms with van der Waals surface area (Å²) >= 11 is 0. The molecule has 1 aromatic carbocycles. The number of carbonyl (C=O) groups is 1. The van der Waals surface area contributed by atoms with Gasteiger partial charge < -0.3 is 30.3 Å². The van der Waals surface area contributed by atoms with E-state index in [4.69, 9.17) is 15.2 Å². The monoisotopic (exact) mass is 575 g/mol.